The molecule has 0 aromatic heterocycles. The SMILES string of the molecule is Cc1ccc(NC(=O)C(=O)NCC(C)(C)C)cc1C. The first-order chi connectivity index (χ1) is 8.69. The van der Waals surface area contributed by atoms with Crippen molar-refractivity contribution in [1.29, 1.82) is 0 Å². The lowest BCUT2D eigenvalue weighted by Gasteiger charge is -2.18. The summed E-state index contributed by atoms with van der Waals surface area (Å²) in [6.45, 7) is 10.4. The van der Waals surface area contributed by atoms with E-state index >= 15 is 0 Å². The molecule has 1 aromatic carbocycles. The molecule has 0 aliphatic carbocycles. The van der Waals surface area contributed by atoms with E-state index in [4.69, 9.17) is 0 Å². The van der Waals surface area contributed by atoms with Crippen LogP contribution < -0.4 is 10.6 Å². The minimum Gasteiger partial charge on any atom is -0.347 e. The number of anilines is 1. The number of carbonyl (C=O) groups excluding carboxylic acids is 2. The third kappa shape index (κ3) is 5.12. The molecule has 0 bridgehead atoms. The van der Waals surface area contributed by atoms with E-state index < -0.39 is 11.8 Å². The van der Waals surface area contributed by atoms with Gasteiger partial charge in [-0.15, -0.1) is 0 Å². The molecule has 0 spiro atoms. The van der Waals surface area contributed by atoms with E-state index in [0.717, 1.165) is 11.1 Å². The normalized spacial score (nSPS) is 11.0. The highest BCUT2D eigenvalue weighted by atomic mass is 16.2. The molecule has 4 heteroatoms. The molecule has 19 heavy (non-hydrogen) atoms. The zero-order chi connectivity index (χ0) is 14.6. The van der Waals surface area contributed by atoms with Crippen LogP contribution in [0.3, 0.4) is 0 Å². The Labute approximate surface area is 114 Å². The quantitative estimate of drug-likeness (QED) is 0.804. The van der Waals surface area contributed by atoms with E-state index in [1.165, 1.54) is 0 Å². The number of nitrogens with one attached hydrogen (secondary N) is 2. The summed E-state index contributed by atoms with van der Waals surface area (Å²) in [5, 5.41) is 5.21. The Balaban J connectivity index is 2.59. The van der Waals surface area contributed by atoms with Gasteiger partial charge in [0.2, 0.25) is 0 Å². The van der Waals surface area contributed by atoms with Gasteiger partial charge in [0.25, 0.3) is 0 Å². The van der Waals surface area contributed by atoms with Crippen molar-refractivity contribution in [3.05, 3.63) is 29.3 Å². The summed E-state index contributed by atoms with van der Waals surface area (Å²) in [5.41, 5.74) is 2.82. The van der Waals surface area contributed by atoms with Crippen molar-refractivity contribution in [2.45, 2.75) is 34.6 Å². The standard InChI is InChI=1S/C15H22N2O2/c1-10-6-7-12(8-11(10)2)17-14(19)13(18)16-9-15(3,4)5/h6-8H,9H2,1-5H3,(H,16,18)(H,17,19). The summed E-state index contributed by atoms with van der Waals surface area (Å²) in [7, 11) is 0. The predicted molar refractivity (Wildman–Crippen MR) is 77.0 cm³/mol. The number of amides is 2. The number of carbonyl (C=O) groups is 2. The lowest BCUT2D eigenvalue weighted by molar-refractivity contribution is -0.136. The zero-order valence-electron chi connectivity index (χ0n) is 12.3. The fourth-order valence-corrected chi connectivity index (χ4v) is 1.43. The first kappa shape index (κ1) is 15.2. The first-order valence-corrected chi connectivity index (χ1v) is 6.35. The molecule has 2 N–H and O–H groups in total. The van der Waals surface area contributed by atoms with Crippen LogP contribution in [0.1, 0.15) is 31.9 Å². The molecule has 0 saturated carbocycles. The van der Waals surface area contributed by atoms with Crippen LogP contribution in [0.4, 0.5) is 5.69 Å². The van der Waals surface area contributed by atoms with Crippen LogP contribution in [0.15, 0.2) is 18.2 Å². The van der Waals surface area contributed by atoms with Crippen LogP contribution >= 0.6 is 0 Å². The van der Waals surface area contributed by atoms with Crippen molar-refractivity contribution in [2.24, 2.45) is 5.41 Å². The van der Waals surface area contributed by atoms with Gasteiger partial charge in [-0.2, -0.15) is 0 Å². The molecule has 2 amide bonds. The van der Waals surface area contributed by atoms with E-state index in [9.17, 15) is 9.59 Å². The highest BCUT2D eigenvalue weighted by molar-refractivity contribution is 6.39. The van der Waals surface area contributed by atoms with Gasteiger partial charge < -0.3 is 10.6 Å². The van der Waals surface area contributed by atoms with Gasteiger partial charge in [0, 0.05) is 12.2 Å². The topological polar surface area (TPSA) is 58.2 Å². The molecule has 1 rings (SSSR count). The van der Waals surface area contributed by atoms with E-state index in [-0.39, 0.29) is 5.41 Å². The average Bonchev–Trinajstić information content (AvgIpc) is 2.29. The van der Waals surface area contributed by atoms with E-state index in [0.29, 0.717) is 12.2 Å². The number of rotatable bonds is 2. The van der Waals surface area contributed by atoms with Gasteiger partial charge in [-0.25, -0.2) is 0 Å². The Morgan fingerprint density at radius 2 is 1.68 bits per heavy atom. The summed E-state index contributed by atoms with van der Waals surface area (Å²) in [4.78, 5) is 23.3. The molecule has 1 aromatic rings. The molecule has 0 atom stereocenters. The van der Waals surface area contributed by atoms with E-state index in [1.54, 1.807) is 6.07 Å². The van der Waals surface area contributed by atoms with E-state index in [2.05, 4.69) is 10.6 Å². The molecule has 0 saturated heterocycles. The number of benzene rings is 1. The minimum atomic E-state index is -0.632. The Morgan fingerprint density at radius 1 is 1.05 bits per heavy atom. The van der Waals surface area contributed by atoms with Crippen molar-refractivity contribution in [1.82, 2.24) is 5.32 Å². The highest BCUT2D eigenvalue weighted by Gasteiger charge is 2.17. The van der Waals surface area contributed by atoms with Gasteiger partial charge in [0.1, 0.15) is 0 Å². The van der Waals surface area contributed by atoms with Gasteiger partial charge in [-0.3, -0.25) is 9.59 Å². The second-order valence-electron chi connectivity index (χ2n) is 6.00. The van der Waals surface area contributed by atoms with Crippen LogP contribution in [0, 0.1) is 19.3 Å². The third-order valence-corrected chi connectivity index (χ3v) is 2.75. The number of aryl methyl sites for hydroxylation is 2. The van der Waals surface area contributed by atoms with Crippen molar-refractivity contribution >= 4 is 17.5 Å². The first-order valence-electron chi connectivity index (χ1n) is 6.35. The monoisotopic (exact) mass is 262 g/mol. The molecule has 0 unspecified atom stereocenters. The number of hydrogen-bond donors (Lipinski definition) is 2. The van der Waals surface area contributed by atoms with Crippen molar-refractivity contribution < 1.29 is 9.59 Å². The van der Waals surface area contributed by atoms with Crippen LogP contribution in [0.25, 0.3) is 0 Å². The fraction of sp³-hybridized carbons (Fsp3) is 0.467. The van der Waals surface area contributed by atoms with Crippen molar-refractivity contribution in [3.63, 3.8) is 0 Å². The van der Waals surface area contributed by atoms with Gasteiger partial charge in [-0.1, -0.05) is 26.8 Å². The molecular weight excluding hydrogens is 240 g/mol. The van der Waals surface area contributed by atoms with Crippen molar-refractivity contribution in [2.75, 3.05) is 11.9 Å². The Hall–Kier alpha value is -1.84. The maximum Gasteiger partial charge on any atom is 0.313 e. The molecule has 0 radical (unpaired) electrons. The zero-order valence-corrected chi connectivity index (χ0v) is 12.3. The molecule has 0 heterocycles. The maximum atomic E-state index is 11.7. The second-order valence-corrected chi connectivity index (χ2v) is 6.00. The largest absolute Gasteiger partial charge is 0.347 e. The van der Waals surface area contributed by atoms with Gasteiger partial charge in [0.15, 0.2) is 0 Å². The summed E-state index contributed by atoms with van der Waals surface area (Å²) >= 11 is 0. The molecule has 0 fully saturated rings. The van der Waals surface area contributed by atoms with Crippen molar-refractivity contribution in [3.8, 4) is 0 Å². The lowest BCUT2D eigenvalue weighted by atomic mass is 9.97. The van der Waals surface area contributed by atoms with Crippen LogP contribution in [-0.2, 0) is 9.59 Å². The Morgan fingerprint density at radius 3 is 2.21 bits per heavy atom. The summed E-state index contributed by atoms with van der Waals surface area (Å²) in [6.07, 6.45) is 0. The average molecular weight is 262 g/mol. The van der Waals surface area contributed by atoms with Crippen LogP contribution in [0.5, 0.6) is 0 Å². The second kappa shape index (κ2) is 5.87. The van der Waals surface area contributed by atoms with Gasteiger partial charge in [-0.05, 0) is 42.5 Å². The molecule has 0 aliphatic rings. The maximum absolute atomic E-state index is 11.7. The highest BCUT2D eigenvalue weighted by Crippen LogP contribution is 2.14. The third-order valence-electron chi connectivity index (χ3n) is 2.75. The molecule has 104 valence electrons. The minimum absolute atomic E-state index is 0.0453. The summed E-state index contributed by atoms with van der Waals surface area (Å²) in [6, 6.07) is 5.56. The smallest absolute Gasteiger partial charge is 0.313 e. The van der Waals surface area contributed by atoms with Gasteiger partial charge in [0.05, 0.1) is 0 Å². The fourth-order valence-electron chi connectivity index (χ4n) is 1.43. The van der Waals surface area contributed by atoms with Crippen LogP contribution in [0.2, 0.25) is 0 Å². The van der Waals surface area contributed by atoms with Crippen LogP contribution in [-0.4, -0.2) is 18.4 Å². The molecule has 0 aliphatic heterocycles. The summed E-state index contributed by atoms with van der Waals surface area (Å²) < 4.78 is 0. The number of hydrogen-bond acceptors (Lipinski definition) is 2. The van der Waals surface area contributed by atoms with E-state index in [1.807, 2.05) is 46.8 Å². The predicted octanol–water partition coefficient (Wildman–Crippen LogP) is 2.40. The lowest BCUT2D eigenvalue weighted by Crippen LogP contribution is -2.39. The summed E-state index contributed by atoms with van der Waals surface area (Å²) in [5.74, 6) is -1.24. The Bertz CT molecular complexity index is 487. The Kier molecular flexibility index (Phi) is 4.70. The van der Waals surface area contributed by atoms with Gasteiger partial charge >= 0.3 is 11.8 Å². The molecule has 4 nitrogen and oxygen atoms in total. The molecular formula is C15H22N2O2.